The van der Waals surface area contributed by atoms with Gasteiger partial charge in [0, 0.05) is 4.43 Å². The Morgan fingerprint density at radius 1 is 1.43 bits per heavy atom. The Labute approximate surface area is 101 Å². The summed E-state index contributed by atoms with van der Waals surface area (Å²) >= 11 is 2.46. The van der Waals surface area contributed by atoms with Crippen LogP contribution in [0.2, 0.25) is 0 Å². The molecule has 82 valence electrons. The number of rotatable bonds is 3. The van der Waals surface area contributed by atoms with Crippen LogP contribution in [0.4, 0.5) is 0 Å². The quantitative estimate of drug-likeness (QED) is 0.569. The number of alkyl halides is 1. The van der Waals surface area contributed by atoms with E-state index in [9.17, 15) is 0 Å². The van der Waals surface area contributed by atoms with Gasteiger partial charge in [0.1, 0.15) is 0 Å². The number of hydrogen-bond donors (Lipinski definition) is 0. The molecule has 1 aliphatic heterocycles. The molecular formula is C12H21IO. The van der Waals surface area contributed by atoms with Gasteiger partial charge in [-0.1, -0.05) is 36.4 Å². The molecule has 14 heavy (non-hydrogen) atoms. The first-order valence-corrected chi connectivity index (χ1v) is 7.34. The lowest BCUT2D eigenvalue weighted by molar-refractivity contribution is -0.0984. The Morgan fingerprint density at radius 3 is 2.43 bits per heavy atom. The Bertz CT molecular complexity index is 230. The van der Waals surface area contributed by atoms with Crippen LogP contribution in [0.15, 0.2) is 0 Å². The van der Waals surface area contributed by atoms with Crippen LogP contribution in [-0.2, 0) is 4.74 Å². The summed E-state index contributed by atoms with van der Waals surface area (Å²) in [7, 11) is 0. The third-order valence-corrected chi connectivity index (χ3v) is 5.81. The number of ether oxygens (including phenoxy) is 1. The van der Waals surface area contributed by atoms with Crippen LogP contribution in [0.5, 0.6) is 0 Å². The van der Waals surface area contributed by atoms with Crippen LogP contribution in [0.3, 0.4) is 0 Å². The van der Waals surface area contributed by atoms with Gasteiger partial charge >= 0.3 is 0 Å². The van der Waals surface area contributed by atoms with Gasteiger partial charge < -0.3 is 4.74 Å². The van der Waals surface area contributed by atoms with E-state index < -0.39 is 0 Å². The maximum absolute atomic E-state index is 6.42. The SMILES string of the molecule is CCC1(C2CC2C)CCC(C)(CI)O1. The number of hydrogen-bond acceptors (Lipinski definition) is 1. The van der Waals surface area contributed by atoms with Crippen molar-refractivity contribution in [2.45, 2.75) is 57.7 Å². The fourth-order valence-corrected chi connectivity index (χ4v) is 3.53. The summed E-state index contributed by atoms with van der Waals surface area (Å²) in [4.78, 5) is 0. The fraction of sp³-hybridized carbons (Fsp3) is 1.00. The van der Waals surface area contributed by atoms with E-state index in [-0.39, 0.29) is 11.2 Å². The van der Waals surface area contributed by atoms with Crippen LogP contribution in [-0.4, -0.2) is 15.6 Å². The highest BCUT2D eigenvalue weighted by molar-refractivity contribution is 14.1. The largest absolute Gasteiger partial charge is 0.368 e. The van der Waals surface area contributed by atoms with Gasteiger partial charge in [0.25, 0.3) is 0 Å². The molecule has 0 bridgehead atoms. The Balaban J connectivity index is 2.09. The summed E-state index contributed by atoms with van der Waals surface area (Å²) in [5.41, 5.74) is 0.415. The lowest BCUT2D eigenvalue weighted by Crippen LogP contribution is -2.36. The van der Waals surface area contributed by atoms with Crippen molar-refractivity contribution in [1.29, 1.82) is 0 Å². The molecule has 0 aromatic heterocycles. The first-order valence-electron chi connectivity index (χ1n) is 5.81. The molecule has 0 aromatic rings. The normalized spacial score (nSPS) is 52.3. The molecule has 0 radical (unpaired) electrons. The third-order valence-electron chi connectivity index (χ3n) is 4.19. The minimum absolute atomic E-state index is 0.166. The molecular weight excluding hydrogens is 287 g/mol. The van der Waals surface area contributed by atoms with Crippen LogP contribution in [0.1, 0.15) is 46.5 Å². The van der Waals surface area contributed by atoms with Gasteiger partial charge in [0.2, 0.25) is 0 Å². The van der Waals surface area contributed by atoms with E-state index in [0.717, 1.165) is 16.3 Å². The summed E-state index contributed by atoms with van der Waals surface area (Å²) in [6, 6.07) is 0. The Kier molecular flexibility index (Phi) is 2.89. The molecule has 1 saturated carbocycles. The van der Waals surface area contributed by atoms with E-state index in [0.29, 0.717) is 0 Å². The van der Waals surface area contributed by atoms with Crippen LogP contribution in [0, 0.1) is 11.8 Å². The van der Waals surface area contributed by atoms with E-state index in [1.165, 1.54) is 25.7 Å². The van der Waals surface area contributed by atoms with Crippen molar-refractivity contribution in [2.75, 3.05) is 4.43 Å². The van der Waals surface area contributed by atoms with E-state index >= 15 is 0 Å². The van der Waals surface area contributed by atoms with Crippen molar-refractivity contribution in [1.82, 2.24) is 0 Å². The molecule has 1 aliphatic carbocycles. The summed E-state index contributed by atoms with van der Waals surface area (Å²) in [5, 5.41) is 0. The number of halogens is 1. The standard InChI is InChI=1S/C12H21IO/c1-4-12(10-7-9(10)2)6-5-11(3,8-13)14-12/h9-10H,4-8H2,1-3H3. The second kappa shape index (κ2) is 3.62. The highest BCUT2D eigenvalue weighted by Crippen LogP contribution is 2.56. The summed E-state index contributed by atoms with van der Waals surface area (Å²) in [5.74, 6) is 1.77. The molecule has 4 unspecified atom stereocenters. The molecule has 4 atom stereocenters. The maximum atomic E-state index is 6.42. The van der Waals surface area contributed by atoms with Gasteiger partial charge in [-0.05, 0) is 44.4 Å². The van der Waals surface area contributed by atoms with Crippen LogP contribution < -0.4 is 0 Å². The molecule has 0 N–H and O–H groups in total. The van der Waals surface area contributed by atoms with Gasteiger partial charge in [0.15, 0.2) is 0 Å². The van der Waals surface area contributed by atoms with Crippen LogP contribution >= 0.6 is 22.6 Å². The predicted molar refractivity (Wildman–Crippen MR) is 67.9 cm³/mol. The van der Waals surface area contributed by atoms with E-state index in [4.69, 9.17) is 4.74 Å². The van der Waals surface area contributed by atoms with Gasteiger partial charge in [-0.3, -0.25) is 0 Å². The first kappa shape index (κ1) is 11.2. The molecule has 1 nitrogen and oxygen atoms in total. The molecule has 1 heterocycles. The predicted octanol–water partition coefficient (Wildman–Crippen LogP) is 3.80. The van der Waals surface area contributed by atoms with Crippen molar-refractivity contribution in [2.24, 2.45) is 11.8 Å². The van der Waals surface area contributed by atoms with Gasteiger partial charge in [0.05, 0.1) is 11.2 Å². The lowest BCUT2D eigenvalue weighted by Gasteiger charge is -2.32. The molecule has 2 heteroatoms. The zero-order valence-electron chi connectivity index (χ0n) is 9.48. The second-order valence-electron chi connectivity index (χ2n) is 5.42. The summed E-state index contributed by atoms with van der Waals surface area (Å²) in [6.45, 7) is 6.94. The van der Waals surface area contributed by atoms with Crippen molar-refractivity contribution in [3.8, 4) is 0 Å². The third kappa shape index (κ3) is 1.73. The van der Waals surface area contributed by atoms with Crippen molar-refractivity contribution >= 4 is 22.6 Å². The molecule has 0 aromatic carbocycles. The smallest absolute Gasteiger partial charge is 0.0752 e. The molecule has 2 rings (SSSR count). The monoisotopic (exact) mass is 308 g/mol. The van der Waals surface area contributed by atoms with Gasteiger partial charge in [-0.25, -0.2) is 0 Å². The average molecular weight is 308 g/mol. The lowest BCUT2D eigenvalue weighted by atomic mass is 9.89. The summed E-state index contributed by atoms with van der Waals surface area (Å²) < 4.78 is 7.55. The molecule has 2 fully saturated rings. The highest BCUT2D eigenvalue weighted by Gasteiger charge is 2.56. The minimum atomic E-state index is 0.166. The average Bonchev–Trinajstić information content (AvgIpc) is 2.80. The van der Waals surface area contributed by atoms with Crippen molar-refractivity contribution in [3.63, 3.8) is 0 Å². The zero-order valence-corrected chi connectivity index (χ0v) is 11.6. The molecule has 0 spiro atoms. The van der Waals surface area contributed by atoms with Crippen LogP contribution in [0.25, 0.3) is 0 Å². The molecule has 2 aliphatic rings. The fourth-order valence-electron chi connectivity index (χ4n) is 2.99. The first-order chi connectivity index (χ1) is 6.55. The van der Waals surface area contributed by atoms with Gasteiger partial charge in [-0.15, -0.1) is 0 Å². The van der Waals surface area contributed by atoms with E-state index in [1.54, 1.807) is 0 Å². The minimum Gasteiger partial charge on any atom is -0.368 e. The Morgan fingerprint density at radius 2 is 2.07 bits per heavy atom. The molecule has 0 amide bonds. The topological polar surface area (TPSA) is 9.23 Å². The highest BCUT2D eigenvalue weighted by atomic mass is 127. The summed E-state index contributed by atoms with van der Waals surface area (Å²) in [6.07, 6.45) is 5.14. The van der Waals surface area contributed by atoms with Gasteiger partial charge in [-0.2, -0.15) is 0 Å². The maximum Gasteiger partial charge on any atom is 0.0752 e. The molecule has 1 saturated heterocycles. The van der Waals surface area contributed by atoms with Crippen molar-refractivity contribution < 1.29 is 4.74 Å². The van der Waals surface area contributed by atoms with E-state index in [1.807, 2.05) is 0 Å². The van der Waals surface area contributed by atoms with Crippen molar-refractivity contribution in [3.05, 3.63) is 0 Å². The van der Waals surface area contributed by atoms with E-state index in [2.05, 4.69) is 43.4 Å². The second-order valence-corrected chi connectivity index (χ2v) is 6.19. The zero-order chi connectivity index (χ0) is 10.4. The Hall–Kier alpha value is 0.690.